The number of ether oxygens (including phenoxy) is 1. The lowest BCUT2D eigenvalue weighted by atomic mass is 10.1. The van der Waals surface area contributed by atoms with Crippen molar-refractivity contribution < 1.29 is 22.3 Å². The molecule has 2 aliphatic rings. The molecule has 0 radical (unpaired) electrons. The van der Waals surface area contributed by atoms with Crippen molar-refractivity contribution in [3.05, 3.63) is 70.1 Å². The molecule has 2 atom stereocenters. The Balaban J connectivity index is 1.11. The topological polar surface area (TPSA) is 67.1 Å². The fourth-order valence-electron chi connectivity index (χ4n) is 4.49. The minimum Gasteiger partial charge on any atom is -0.493 e. The van der Waals surface area contributed by atoms with Crippen molar-refractivity contribution >= 4 is 28.3 Å². The van der Waals surface area contributed by atoms with E-state index in [1.165, 1.54) is 28.7 Å². The lowest BCUT2D eigenvalue weighted by molar-refractivity contribution is -0.136. The van der Waals surface area contributed by atoms with Crippen molar-refractivity contribution in [2.75, 3.05) is 32.8 Å². The molecule has 10 heteroatoms. The van der Waals surface area contributed by atoms with Gasteiger partial charge >= 0.3 is 11.8 Å². The monoisotopic (exact) mass is 505 g/mol. The molecule has 3 heterocycles. The maximum Gasteiger partial charge on any atom is 0.417 e. The average Bonchev–Trinajstić information content (AvgIpc) is 3.27. The SMILES string of the molecule is O=c1cc(C(F)(F)F)c2ccc(OCCCCN3CCNC([SH]4N=Cc5ccccc54)C3)cc2o1. The molecule has 2 aromatic carbocycles. The number of nitrogens with one attached hydrogen (secondary N) is 1. The van der Waals surface area contributed by atoms with E-state index in [4.69, 9.17) is 13.6 Å². The number of fused-ring (bicyclic) bond motifs is 2. The van der Waals surface area contributed by atoms with Crippen LogP contribution in [-0.4, -0.2) is 49.3 Å². The van der Waals surface area contributed by atoms with E-state index in [0.717, 1.165) is 39.0 Å². The van der Waals surface area contributed by atoms with Crippen LogP contribution in [0.4, 0.5) is 13.2 Å². The lowest BCUT2D eigenvalue weighted by Crippen LogP contribution is -2.50. The summed E-state index contributed by atoms with van der Waals surface area (Å²) in [4.78, 5) is 15.3. The molecule has 0 aliphatic carbocycles. The van der Waals surface area contributed by atoms with Gasteiger partial charge in [-0.3, -0.25) is 4.90 Å². The number of halogens is 3. The van der Waals surface area contributed by atoms with Gasteiger partial charge in [-0.2, -0.15) is 13.2 Å². The van der Waals surface area contributed by atoms with Crippen LogP contribution in [-0.2, 0) is 6.18 Å². The first-order chi connectivity index (χ1) is 16.9. The molecule has 0 spiro atoms. The standard InChI is InChI=1S/C25H26F3N3O3S/c26-25(27,28)20-14-24(32)34-21-13-18(7-8-19(20)21)33-12-4-3-10-31-11-9-29-23(16-31)35-22-6-2-1-5-17(22)15-30-35/h1-2,5-8,13-15,23,29,35H,3-4,9-12,16H2. The molecule has 35 heavy (non-hydrogen) atoms. The minimum absolute atomic E-state index is 0.132. The Kier molecular flexibility index (Phi) is 6.86. The number of alkyl halides is 3. The van der Waals surface area contributed by atoms with Gasteiger partial charge in [-0.25, -0.2) is 9.19 Å². The quantitative estimate of drug-likeness (QED) is 0.279. The van der Waals surface area contributed by atoms with Gasteiger partial charge in [-0.15, -0.1) is 11.1 Å². The van der Waals surface area contributed by atoms with Crippen LogP contribution in [0.3, 0.4) is 0 Å². The summed E-state index contributed by atoms with van der Waals surface area (Å²) in [6.45, 7) is 4.23. The minimum atomic E-state index is -4.63. The second-order valence-corrected chi connectivity index (χ2v) is 10.6. The highest BCUT2D eigenvalue weighted by Crippen LogP contribution is 2.47. The summed E-state index contributed by atoms with van der Waals surface area (Å²) in [5.41, 5.74) is -0.952. The van der Waals surface area contributed by atoms with Gasteiger partial charge in [0.05, 0.1) is 17.5 Å². The van der Waals surface area contributed by atoms with Crippen LogP contribution in [0.15, 0.2) is 67.0 Å². The van der Waals surface area contributed by atoms with Crippen molar-refractivity contribution in [3.63, 3.8) is 0 Å². The van der Waals surface area contributed by atoms with Gasteiger partial charge < -0.3 is 14.5 Å². The first-order valence-electron chi connectivity index (χ1n) is 11.5. The molecule has 186 valence electrons. The van der Waals surface area contributed by atoms with E-state index >= 15 is 0 Å². The summed E-state index contributed by atoms with van der Waals surface area (Å²) in [5.74, 6) is 0.378. The molecule has 3 aromatic rings. The van der Waals surface area contributed by atoms with E-state index in [1.807, 2.05) is 12.3 Å². The molecule has 1 fully saturated rings. The summed E-state index contributed by atoms with van der Waals surface area (Å²) < 4.78 is 55.0. The first-order valence-corrected chi connectivity index (χ1v) is 12.9. The zero-order valence-electron chi connectivity index (χ0n) is 18.9. The van der Waals surface area contributed by atoms with E-state index in [1.54, 1.807) is 0 Å². The molecule has 0 amide bonds. The van der Waals surface area contributed by atoms with Gasteiger partial charge in [-0.05, 0) is 37.6 Å². The lowest BCUT2D eigenvalue weighted by Gasteiger charge is -2.37. The fraction of sp³-hybridized carbons (Fsp3) is 0.360. The normalized spacial score (nSPS) is 21.3. The van der Waals surface area contributed by atoms with Crippen LogP contribution in [0, 0.1) is 0 Å². The molecule has 0 saturated carbocycles. The van der Waals surface area contributed by atoms with Crippen molar-refractivity contribution in [2.24, 2.45) is 4.40 Å². The Hall–Kier alpha value is -2.82. The Morgan fingerprint density at radius 1 is 1.17 bits per heavy atom. The van der Waals surface area contributed by atoms with Crippen molar-refractivity contribution in [1.29, 1.82) is 0 Å². The first kappa shape index (κ1) is 23.9. The van der Waals surface area contributed by atoms with Crippen LogP contribution < -0.4 is 15.7 Å². The van der Waals surface area contributed by atoms with Gasteiger partial charge in [0.2, 0.25) is 0 Å². The molecule has 1 N–H and O–H groups in total. The van der Waals surface area contributed by atoms with Crippen LogP contribution in [0.25, 0.3) is 11.0 Å². The number of benzene rings is 2. The molecule has 6 nitrogen and oxygen atoms in total. The number of nitrogens with zero attached hydrogens (tertiary/aromatic N) is 2. The van der Waals surface area contributed by atoms with Crippen LogP contribution in [0.1, 0.15) is 24.0 Å². The predicted molar refractivity (Wildman–Crippen MR) is 132 cm³/mol. The number of piperazine rings is 1. The molecule has 2 aliphatic heterocycles. The molecule has 5 rings (SSSR count). The van der Waals surface area contributed by atoms with E-state index in [2.05, 4.69) is 28.4 Å². The Bertz CT molecular complexity index is 1290. The fourth-order valence-corrected chi connectivity index (χ4v) is 6.68. The van der Waals surface area contributed by atoms with Crippen LogP contribution >= 0.6 is 11.1 Å². The number of unbranched alkanes of at least 4 members (excludes halogenated alkanes) is 1. The van der Waals surface area contributed by atoms with E-state index in [0.29, 0.717) is 23.8 Å². The molecular formula is C25H26F3N3O3S. The second kappa shape index (κ2) is 10.0. The maximum atomic E-state index is 13.2. The number of hydrogen-bond acceptors (Lipinski definition) is 6. The van der Waals surface area contributed by atoms with E-state index in [-0.39, 0.29) is 11.0 Å². The van der Waals surface area contributed by atoms with Gasteiger partial charge in [0.25, 0.3) is 0 Å². The summed E-state index contributed by atoms with van der Waals surface area (Å²) >= 11 is -0.594. The highest BCUT2D eigenvalue weighted by atomic mass is 32.2. The van der Waals surface area contributed by atoms with Gasteiger partial charge in [0.1, 0.15) is 11.3 Å². The molecule has 1 aromatic heterocycles. The zero-order chi connectivity index (χ0) is 24.4. The summed E-state index contributed by atoms with van der Waals surface area (Å²) in [6.07, 6.45) is -0.907. The molecule has 2 unspecified atom stereocenters. The van der Waals surface area contributed by atoms with Gasteiger partial charge in [0, 0.05) is 53.8 Å². The third kappa shape index (κ3) is 5.39. The van der Waals surface area contributed by atoms with E-state index < -0.39 is 28.4 Å². The largest absolute Gasteiger partial charge is 0.493 e. The van der Waals surface area contributed by atoms with Gasteiger partial charge in [-0.1, -0.05) is 18.2 Å². The summed E-state index contributed by atoms with van der Waals surface area (Å²) in [7, 11) is 0. The van der Waals surface area contributed by atoms with Crippen LogP contribution in [0.5, 0.6) is 5.75 Å². The number of thiol groups is 1. The number of rotatable bonds is 7. The van der Waals surface area contributed by atoms with Crippen molar-refractivity contribution in [1.82, 2.24) is 10.2 Å². The Morgan fingerprint density at radius 2 is 2.03 bits per heavy atom. The predicted octanol–water partition coefficient (Wildman–Crippen LogP) is 4.61. The third-order valence-electron chi connectivity index (χ3n) is 6.20. The number of hydrogen-bond donors (Lipinski definition) is 2. The highest BCUT2D eigenvalue weighted by molar-refractivity contribution is 8.16. The smallest absolute Gasteiger partial charge is 0.417 e. The average molecular weight is 506 g/mol. The van der Waals surface area contributed by atoms with Gasteiger partial charge in [0.15, 0.2) is 0 Å². The summed E-state index contributed by atoms with van der Waals surface area (Å²) in [6, 6.07) is 13.0. The van der Waals surface area contributed by atoms with Crippen molar-refractivity contribution in [3.8, 4) is 5.75 Å². The van der Waals surface area contributed by atoms with Crippen molar-refractivity contribution in [2.45, 2.75) is 29.3 Å². The third-order valence-corrected chi connectivity index (χ3v) is 8.40. The Morgan fingerprint density at radius 3 is 2.89 bits per heavy atom. The Labute approximate surface area is 203 Å². The molecule has 0 bridgehead atoms. The molecular weight excluding hydrogens is 479 g/mol. The summed E-state index contributed by atoms with van der Waals surface area (Å²) in [5, 5.41) is 3.81. The highest BCUT2D eigenvalue weighted by Gasteiger charge is 2.34. The van der Waals surface area contributed by atoms with E-state index in [9.17, 15) is 18.0 Å². The second-order valence-electron chi connectivity index (χ2n) is 8.61. The molecule has 1 saturated heterocycles. The zero-order valence-corrected chi connectivity index (χ0v) is 19.8. The van der Waals surface area contributed by atoms with Crippen LogP contribution in [0.2, 0.25) is 0 Å². The maximum absolute atomic E-state index is 13.2.